The van der Waals surface area contributed by atoms with E-state index in [1.54, 1.807) is 26.1 Å². The zero-order valence-electron chi connectivity index (χ0n) is 17.8. The van der Waals surface area contributed by atoms with Gasteiger partial charge in [0.05, 0.1) is 5.69 Å². The summed E-state index contributed by atoms with van der Waals surface area (Å²) in [6, 6.07) is 3.66. The molecule has 164 valence electrons. The molecule has 0 unspecified atom stereocenters. The number of nitrogens with two attached hydrogens (primary N) is 1. The summed E-state index contributed by atoms with van der Waals surface area (Å²) in [7, 11) is 0. The fourth-order valence-electron chi connectivity index (χ4n) is 3.65. The molecule has 0 spiro atoms. The molecule has 0 atom stereocenters. The molecule has 3 aromatic rings. The first-order valence-electron chi connectivity index (χ1n) is 9.54. The van der Waals surface area contributed by atoms with Crippen LogP contribution in [0.1, 0.15) is 46.3 Å². The second kappa shape index (κ2) is 7.72. The van der Waals surface area contributed by atoms with E-state index >= 15 is 0 Å². The molecule has 0 bridgehead atoms. The van der Waals surface area contributed by atoms with E-state index in [0.717, 1.165) is 5.56 Å². The number of benzene rings is 1. The van der Waals surface area contributed by atoms with Gasteiger partial charge in [0.2, 0.25) is 11.7 Å². The SMILES string of the molecule is CC1=C(C(N)=O)c2c(C(F)(F)F)nc3nc(C)cn3c2C1.Cc1ccc(O)c(C)c1C. The number of aromatic nitrogens is 3. The Labute approximate surface area is 177 Å². The van der Waals surface area contributed by atoms with Gasteiger partial charge < -0.3 is 10.8 Å². The van der Waals surface area contributed by atoms with Crippen LogP contribution in [0.4, 0.5) is 13.2 Å². The van der Waals surface area contributed by atoms with Crippen LogP contribution in [0, 0.1) is 27.7 Å². The third-order valence-corrected chi connectivity index (χ3v) is 5.49. The van der Waals surface area contributed by atoms with E-state index in [9.17, 15) is 23.1 Å². The molecule has 2 aromatic heterocycles. The molecule has 1 aliphatic rings. The smallest absolute Gasteiger partial charge is 0.434 e. The second-order valence-electron chi connectivity index (χ2n) is 7.68. The molecule has 0 radical (unpaired) electrons. The van der Waals surface area contributed by atoms with E-state index in [1.807, 2.05) is 26.8 Å². The van der Waals surface area contributed by atoms with Crippen LogP contribution in [0.15, 0.2) is 23.9 Å². The number of hydrogen-bond donors (Lipinski definition) is 2. The van der Waals surface area contributed by atoms with Crippen LogP contribution < -0.4 is 5.73 Å². The molecule has 0 aliphatic heterocycles. The van der Waals surface area contributed by atoms with Crippen LogP contribution in [0.5, 0.6) is 5.75 Å². The van der Waals surface area contributed by atoms with Gasteiger partial charge in [-0.05, 0) is 57.4 Å². The van der Waals surface area contributed by atoms with Crippen molar-refractivity contribution in [2.45, 2.75) is 47.2 Å². The van der Waals surface area contributed by atoms with E-state index in [1.165, 1.54) is 15.5 Å². The number of rotatable bonds is 1. The first-order valence-corrected chi connectivity index (χ1v) is 9.54. The summed E-state index contributed by atoms with van der Waals surface area (Å²) >= 11 is 0. The number of phenols is 1. The Morgan fingerprint density at radius 1 is 1.10 bits per heavy atom. The quantitative estimate of drug-likeness (QED) is 0.603. The maximum absolute atomic E-state index is 13.3. The first kappa shape index (κ1) is 22.3. The zero-order valence-corrected chi connectivity index (χ0v) is 17.8. The summed E-state index contributed by atoms with van der Waals surface area (Å²) in [6.07, 6.45) is -2.87. The van der Waals surface area contributed by atoms with E-state index in [0.29, 0.717) is 22.7 Å². The number of alkyl halides is 3. The van der Waals surface area contributed by atoms with Crippen LogP contribution in [-0.2, 0) is 17.4 Å². The second-order valence-corrected chi connectivity index (χ2v) is 7.68. The number of imidazole rings is 1. The van der Waals surface area contributed by atoms with E-state index in [-0.39, 0.29) is 23.3 Å². The maximum Gasteiger partial charge on any atom is 0.434 e. The number of phenolic OH excluding ortho intramolecular Hbond substituents is 1. The Balaban J connectivity index is 0.000000229. The molecule has 6 nitrogen and oxygen atoms in total. The summed E-state index contributed by atoms with van der Waals surface area (Å²) in [5.41, 5.74) is 8.61. The van der Waals surface area contributed by atoms with E-state index in [2.05, 4.69) is 9.97 Å². The number of amides is 1. The van der Waals surface area contributed by atoms with Gasteiger partial charge in [0.15, 0.2) is 5.69 Å². The minimum atomic E-state index is -4.68. The normalized spacial score (nSPS) is 13.3. The highest BCUT2D eigenvalue weighted by Gasteiger charge is 2.42. The Morgan fingerprint density at radius 3 is 2.29 bits per heavy atom. The lowest BCUT2D eigenvalue weighted by atomic mass is 10.0. The van der Waals surface area contributed by atoms with Gasteiger partial charge in [0.25, 0.3) is 0 Å². The van der Waals surface area contributed by atoms with Crippen molar-refractivity contribution in [3.05, 3.63) is 63.2 Å². The lowest BCUT2D eigenvalue weighted by Crippen LogP contribution is -2.19. The number of nitrogens with zero attached hydrogens (tertiary/aromatic N) is 3. The van der Waals surface area contributed by atoms with Crippen LogP contribution in [0.25, 0.3) is 11.4 Å². The Hall–Kier alpha value is -3.36. The number of hydrogen-bond acceptors (Lipinski definition) is 4. The lowest BCUT2D eigenvalue weighted by molar-refractivity contribution is -0.141. The van der Waals surface area contributed by atoms with Gasteiger partial charge in [-0.3, -0.25) is 9.20 Å². The van der Waals surface area contributed by atoms with Crippen LogP contribution in [0.2, 0.25) is 0 Å². The van der Waals surface area contributed by atoms with Gasteiger partial charge in [-0.15, -0.1) is 0 Å². The van der Waals surface area contributed by atoms with Crippen molar-refractivity contribution in [3.63, 3.8) is 0 Å². The summed E-state index contributed by atoms with van der Waals surface area (Å²) in [5, 5.41) is 9.22. The number of aromatic hydroxyl groups is 1. The van der Waals surface area contributed by atoms with Gasteiger partial charge in [-0.1, -0.05) is 11.6 Å². The van der Waals surface area contributed by atoms with Crippen molar-refractivity contribution >= 4 is 17.3 Å². The predicted octanol–water partition coefficient (Wildman–Crippen LogP) is 4.19. The fraction of sp³-hybridized carbons (Fsp3) is 0.318. The molecule has 4 rings (SSSR count). The highest BCUT2D eigenvalue weighted by Crippen LogP contribution is 2.41. The highest BCUT2D eigenvalue weighted by molar-refractivity contribution is 6.21. The molecule has 3 N–H and O–H groups in total. The van der Waals surface area contributed by atoms with Crippen molar-refractivity contribution < 1.29 is 23.1 Å². The van der Waals surface area contributed by atoms with Crippen molar-refractivity contribution in [2.75, 3.05) is 0 Å². The molecule has 31 heavy (non-hydrogen) atoms. The maximum atomic E-state index is 13.3. The number of carbonyl (C=O) groups is 1. The van der Waals surface area contributed by atoms with Crippen molar-refractivity contribution in [1.82, 2.24) is 14.4 Å². The number of carbonyl (C=O) groups excluding carboxylic acids is 1. The van der Waals surface area contributed by atoms with Gasteiger partial charge in [0, 0.05) is 29.4 Å². The number of primary amides is 1. The van der Waals surface area contributed by atoms with Crippen molar-refractivity contribution in [1.29, 1.82) is 0 Å². The first-order chi connectivity index (χ1) is 14.3. The monoisotopic (exact) mass is 432 g/mol. The van der Waals surface area contributed by atoms with Crippen molar-refractivity contribution in [3.8, 4) is 5.75 Å². The zero-order chi connectivity index (χ0) is 23.2. The number of halogens is 3. The summed E-state index contributed by atoms with van der Waals surface area (Å²) < 4.78 is 41.3. The minimum Gasteiger partial charge on any atom is -0.508 e. The molecule has 0 saturated heterocycles. The Morgan fingerprint density at radius 2 is 1.74 bits per heavy atom. The fourth-order valence-corrected chi connectivity index (χ4v) is 3.65. The van der Waals surface area contributed by atoms with Crippen LogP contribution >= 0.6 is 0 Å². The van der Waals surface area contributed by atoms with Crippen LogP contribution in [0.3, 0.4) is 0 Å². The molecule has 1 amide bonds. The number of allylic oxidation sites excluding steroid dienone is 1. The molecule has 0 fully saturated rings. The Bertz CT molecular complexity index is 1210. The minimum absolute atomic E-state index is 0.0305. The highest BCUT2D eigenvalue weighted by atomic mass is 19.4. The molecule has 9 heteroatoms. The molecule has 2 heterocycles. The van der Waals surface area contributed by atoms with Gasteiger partial charge in [0.1, 0.15) is 5.75 Å². The summed E-state index contributed by atoms with van der Waals surface area (Å²) in [4.78, 5) is 19.1. The topological polar surface area (TPSA) is 93.5 Å². The largest absolute Gasteiger partial charge is 0.508 e. The van der Waals surface area contributed by atoms with Gasteiger partial charge in [-0.25, -0.2) is 9.97 Å². The van der Waals surface area contributed by atoms with Crippen molar-refractivity contribution in [2.24, 2.45) is 5.73 Å². The standard InChI is InChI=1S/C13H11F3N4O.C9H12O/c1-5-3-7-9(8(5)11(17)21)10(13(14,15)16)19-12-18-6(2)4-20(7)12;1-6-4-5-9(10)8(3)7(6)2/h4H,3H2,1-2H3,(H2,17,21);4-5,10H,1-3H3. The molecular weight excluding hydrogens is 409 g/mol. The molecule has 0 saturated carbocycles. The molecular formula is C22H23F3N4O2. The third kappa shape index (κ3) is 3.99. The summed E-state index contributed by atoms with van der Waals surface area (Å²) in [6.45, 7) is 9.25. The van der Waals surface area contributed by atoms with Gasteiger partial charge >= 0.3 is 6.18 Å². The third-order valence-electron chi connectivity index (χ3n) is 5.49. The van der Waals surface area contributed by atoms with Crippen LogP contribution in [-0.4, -0.2) is 25.4 Å². The molecule has 1 aromatic carbocycles. The van der Waals surface area contributed by atoms with E-state index < -0.39 is 17.8 Å². The lowest BCUT2D eigenvalue weighted by Gasteiger charge is -2.13. The van der Waals surface area contributed by atoms with E-state index in [4.69, 9.17) is 5.73 Å². The average molecular weight is 432 g/mol. The Kier molecular flexibility index (Phi) is 5.56. The number of fused-ring (bicyclic) bond motifs is 3. The predicted molar refractivity (Wildman–Crippen MR) is 111 cm³/mol. The number of aryl methyl sites for hydroxylation is 2. The molecule has 1 aliphatic carbocycles. The van der Waals surface area contributed by atoms with Gasteiger partial charge in [-0.2, -0.15) is 13.2 Å². The summed E-state index contributed by atoms with van der Waals surface area (Å²) in [5.74, 6) is -0.519. The average Bonchev–Trinajstić information content (AvgIpc) is 3.20.